The zero-order valence-corrected chi connectivity index (χ0v) is 13.6. The van der Waals surface area contributed by atoms with Crippen LogP contribution in [0.4, 0.5) is 11.4 Å². The lowest BCUT2D eigenvalue weighted by molar-refractivity contribution is -0.114. The number of hydrogen-bond acceptors (Lipinski definition) is 4. The number of pyridine rings is 1. The normalized spacial score (nSPS) is 10.6. The van der Waals surface area contributed by atoms with Gasteiger partial charge in [-0.1, -0.05) is 6.07 Å². The van der Waals surface area contributed by atoms with Crippen LogP contribution in [-0.2, 0) is 11.8 Å². The molecule has 7 heteroatoms. The first-order valence-corrected chi connectivity index (χ1v) is 7.42. The van der Waals surface area contributed by atoms with Gasteiger partial charge >= 0.3 is 0 Å². The maximum atomic E-state index is 12.4. The number of amides is 2. The molecule has 3 rings (SSSR count). The quantitative estimate of drug-likeness (QED) is 0.775. The van der Waals surface area contributed by atoms with Gasteiger partial charge in [-0.05, 0) is 31.2 Å². The number of benzene rings is 1. The third kappa shape index (κ3) is 3.10. The summed E-state index contributed by atoms with van der Waals surface area (Å²) in [6, 6.07) is 8.60. The van der Waals surface area contributed by atoms with Crippen molar-refractivity contribution >= 4 is 34.2 Å². The predicted molar refractivity (Wildman–Crippen MR) is 91.9 cm³/mol. The molecule has 0 fully saturated rings. The van der Waals surface area contributed by atoms with Gasteiger partial charge in [-0.2, -0.15) is 5.10 Å². The molecule has 0 atom stereocenters. The summed E-state index contributed by atoms with van der Waals surface area (Å²) in [5.74, 6) is -0.459. The van der Waals surface area contributed by atoms with Crippen molar-refractivity contribution in [3.05, 3.63) is 47.8 Å². The molecule has 1 aromatic carbocycles. The topological polar surface area (TPSA) is 88.9 Å². The Balaban J connectivity index is 1.84. The predicted octanol–water partition coefficient (Wildman–Crippen LogP) is 2.49. The smallest absolute Gasteiger partial charge is 0.255 e. The molecule has 24 heavy (non-hydrogen) atoms. The molecule has 3 aromatic rings. The molecule has 122 valence electrons. The van der Waals surface area contributed by atoms with E-state index in [1.807, 2.05) is 20.0 Å². The van der Waals surface area contributed by atoms with Gasteiger partial charge in [0.05, 0.1) is 17.6 Å². The number of hydrogen-bond donors (Lipinski definition) is 2. The molecule has 0 bridgehead atoms. The molecule has 2 N–H and O–H groups in total. The van der Waals surface area contributed by atoms with Gasteiger partial charge in [0.2, 0.25) is 5.91 Å². The average Bonchev–Trinajstić information content (AvgIpc) is 2.81. The summed E-state index contributed by atoms with van der Waals surface area (Å²) in [4.78, 5) is 27.9. The first kappa shape index (κ1) is 15.7. The van der Waals surface area contributed by atoms with Crippen LogP contribution in [0.5, 0.6) is 0 Å². The Kier molecular flexibility index (Phi) is 3.99. The largest absolute Gasteiger partial charge is 0.326 e. The molecule has 2 heterocycles. The summed E-state index contributed by atoms with van der Waals surface area (Å²) < 4.78 is 1.70. The van der Waals surface area contributed by atoms with Crippen molar-refractivity contribution in [1.29, 1.82) is 0 Å². The Labute approximate surface area is 138 Å². The lowest BCUT2D eigenvalue weighted by atomic mass is 10.2. The number of aromatic nitrogens is 3. The van der Waals surface area contributed by atoms with Gasteiger partial charge in [-0.15, -0.1) is 0 Å². The molecule has 0 saturated carbocycles. The van der Waals surface area contributed by atoms with Crippen molar-refractivity contribution in [1.82, 2.24) is 14.8 Å². The molecule has 0 aliphatic heterocycles. The molecular formula is C17H17N5O2. The highest BCUT2D eigenvalue weighted by molar-refractivity contribution is 6.05. The Morgan fingerprint density at radius 3 is 2.67 bits per heavy atom. The van der Waals surface area contributed by atoms with Crippen molar-refractivity contribution in [2.45, 2.75) is 13.8 Å². The van der Waals surface area contributed by atoms with Crippen LogP contribution in [0.25, 0.3) is 11.0 Å². The van der Waals surface area contributed by atoms with E-state index in [1.54, 1.807) is 35.1 Å². The second-order valence-corrected chi connectivity index (χ2v) is 5.52. The lowest BCUT2D eigenvalue weighted by Gasteiger charge is -2.07. The molecule has 0 aliphatic rings. The van der Waals surface area contributed by atoms with Gasteiger partial charge in [-0.3, -0.25) is 14.3 Å². The first-order valence-electron chi connectivity index (χ1n) is 7.42. The highest BCUT2D eigenvalue weighted by Crippen LogP contribution is 2.20. The maximum Gasteiger partial charge on any atom is 0.255 e. The van der Waals surface area contributed by atoms with Crippen LogP contribution >= 0.6 is 0 Å². The number of carbonyl (C=O) groups excluding carboxylic acids is 2. The number of fused-ring (bicyclic) bond motifs is 1. The first-order chi connectivity index (χ1) is 11.4. The number of anilines is 2. The number of carbonyl (C=O) groups is 2. The Morgan fingerprint density at radius 1 is 1.12 bits per heavy atom. The number of nitrogens with zero attached hydrogens (tertiary/aromatic N) is 3. The van der Waals surface area contributed by atoms with Gasteiger partial charge in [0.15, 0.2) is 5.65 Å². The van der Waals surface area contributed by atoms with E-state index in [0.717, 1.165) is 16.7 Å². The fourth-order valence-corrected chi connectivity index (χ4v) is 2.52. The molecule has 0 unspecified atom stereocenters. The van der Waals surface area contributed by atoms with Crippen LogP contribution in [-0.4, -0.2) is 26.6 Å². The van der Waals surface area contributed by atoms with E-state index in [1.165, 1.54) is 6.92 Å². The maximum absolute atomic E-state index is 12.4. The van der Waals surface area contributed by atoms with Crippen LogP contribution in [0.3, 0.4) is 0 Å². The summed E-state index contributed by atoms with van der Waals surface area (Å²) in [7, 11) is 1.83. The highest BCUT2D eigenvalue weighted by Gasteiger charge is 2.11. The monoisotopic (exact) mass is 323 g/mol. The third-order valence-electron chi connectivity index (χ3n) is 3.57. The van der Waals surface area contributed by atoms with Crippen LogP contribution in [0.1, 0.15) is 23.0 Å². The molecule has 2 amide bonds. The SMILES string of the molecule is CC(=O)Nc1cccc(C(=O)Nc2cnc3c(c2)c(C)nn3C)c1. The summed E-state index contributed by atoms with van der Waals surface area (Å²) in [5, 5.41) is 10.7. The van der Waals surface area contributed by atoms with E-state index in [4.69, 9.17) is 0 Å². The summed E-state index contributed by atoms with van der Waals surface area (Å²) in [6.45, 7) is 3.32. The molecular weight excluding hydrogens is 306 g/mol. The van der Waals surface area contributed by atoms with Crippen LogP contribution in [0.2, 0.25) is 0 Å². The van der Waals surface area contributed by atoms with Crippen molar-refractivity contribution in [3.8, 4) is 0 Å². The molecule has 7 nitrogen and oxygen atoms in total. The minimum atomic E-state index is -0.273. The van der Waals surface area contributed by atoms with E-state index in [2.05, 4.69) is 20.7 Å². The Hall–Kier alpha value is -3.22. The van der Waals surface area contributed by atoms with E-state index in [-0.39, 0.29) is 11.8 Å². The number of aryl methyl sites for hydroxylation is 2. The minimum absolute atomic E-state index is 0.186. The van der Waals surface area contributed by atoms with E-state index in [0.29, 0.717) is 16.9 Å². The fourth-order valence-electron chi connectivity index (χ4n) is 2.52. The lowest BCUT2D eigenvalue weighted by Crippen LogP contribution is -2.13. The third-order valence-corrected chi connectivity index (χ3v) is 3.57. The second-order valence-electron chi connectivity index (χ2n) is 5.52. The van der Waals surface area contributed by atoms with E-state index >= 15 is 0 Å². The summed E-state index contributed by atoms with van der Waals surface area (Å²) in [5.41, 5.74) is 3.23. The van der Waals surface area contributed by atoms with Gasteiger partial charge in [0.25, 0.3) is 5.91 Å². The standard InChI is InChI=1S/C17H17N5O2/c1-10-15-8-14(9-18-16(15)22(3)21-10)20-17(24)12-5-4-6-13(7-12)19-11(2)23/h4-9H,1-3H3,(H,19,23)(H,20,24). The Morgan fingerprint density at radius 2 is 1.92 bits per heavy atom. The van der Waals surface area contributed by atoms with E-state index < -0.39 is 0 Å². The van der Waals surface area contributed by atoms with Gasteiger partial charge in [-0.25, -0.2) is 4.98 Å². The fraction of sp³-hybridized carbons (Fsp3) is 0.176. The summed E-state index contributed by atoms with van der Waals surface area (Å²) in [6.07, 6.45) is 1.60. The average molecular weight is 323 g/mol. The van der Waals surface area contributed by atoms with E-state index in [9.17, 15) is 9.59 Å². The number of rotatable bonds is 3. The van der Waals surface area contributed by atoms with Crippen molar-refractivity contribution < 1.29 is 9.59 Å². The van der Waals surface area contributed by atoms with Gasteiger partial charge in [0.1, 0.15) is 0 Å². The molecule has 0 radical (unpaired) electrons. The van der Waals surface area contributed by atoms with Crippen LogP contribution in [0, 0.1) is 6.92 Å². The van der Waals surface area contributed by atoms with Gasteiger partial charge < -0.3 is 10.6 Å². The Bertz CT molecular complexity index is 945. The van der Waals surface area contributed by atoms with Crippen LogP contribution in [0.15, 0.2) is 36.5 Å². The van der Waals surface area contributed by atoms with Gasteiger partial charge in [0, 0.05) is 30.6 Å². The molecule has 0 aliphatic carbocycles. The van der Waals surface area contributed by atoms with Crippen LogP contribution < -0.4 is 10.6 Å². The van der Waals surface area contributed by atoms with Crippen molar-refractivity contribution in [3.63, 3.8) is 0 Å². The minimum Gasteiger partial charge on any atom is -0.326 e. The zero-order valence-electron chi connectivity index (χ0n) is 13.6. The summed E-state index contributed by atoms with van der Waals surface area (Å²) >= 11 is 0. The molecule has 2 aromatic heterocycles. The van der Waals surface area contributed by atoms with Crippen molar-refractivity contribution in [2.24, 2.45) is 7.05 Å². The zero-order chi connectivity index (χ0) is 17.3. The molecule has 0 saturated heterocycles. The highest BCUT2D eigenvalue weighted by atomic mass is 16.2. The molecule has 0 spiro atoms. The number of nitrogens with one attached hydrogen (secondary N) is 2. The van der Waals surface area contributed by atoms with Crippen molar-refractivity contribution in [2.75, 3.05) is 10.6 Å². The second kappa shape index (κ2) is 6.11.